The van der Waals surface area contributed by atoms with E-state index >= 15 is 0 Å². The maximum absolute atomic E-state index is 13.1. The van der Waals surface area contributed by atoms with Crippen molar-refractivity contribution < 1.29 is 14.3 Å². The minimum atomic E-state index is -2.05. The van der Waals surface area contributed by atoms with Crippen LogP contribution in [-0.4, -0.2) is 55.4 Å². The summed E-state index contributed by atoms with van der Waals surface area (Å²) in [5, 5.41) is 7.34. The lowest BCUT2D eigenvalue weighted by atomic mass is 9.77. The maximum atomic E-state index is 13.1. The first-order valence-corrected chi connectivity index (χ1v) is 17.7. The Balaban J connectivity index is 1.53. The first-order chi connectivity index (χ1) is 20.4. The molecule has 3 aromatic rings. The summed E-state index contributed by atoms with van der Waals surface area (Å²) in [5.41, 5.74) is 1.37. The summed E-state index contributed by atoms with van der Waals surface area (Å²) in [6.07, 6.45) is 6.44. The number of nitrogens with one attached hydrogen (secondary N) is 1. The molecule has 6 heteroatoms. The van der Waals surface area contributed by atoms with Gasteiger partial charge in [0.05, 0.1) is 20.4 Å². The topological polar surface area (TPSA) is 50.8 Å². The normalized spacial score (nSPS) is 16.9. The van der Waals surface area contributed by atoms with E-state index in [0.717, 1.165) is 49.8 Å². The van der Waals surface area contributed by atoms with Crippen molar-refractivity contribution in [1.82, 2.24) is 10.2 Å². The minimum Gasteiger partial charge on any atom is -0.497 e. The number of aryl methyl sites for hydroxylation is 1. The van der Waals surface area contributed by atoms with Gasteiger partial charge in [0.2, 0.25) is 5.91 Å². The number of likely N-dealkylation sites (tertiary alicyclic amines) is 1. The molecule has 0 saturated carbocycles. The van der Waals surface area contributed by atoms with Gasteiger partial charge in [-0.1, -0.05) is 24.3 Å². The Morgan fingerprint density at radius 2 is 1.33 bits per heavy atom. The Morgan fingerprint density at radius 3 is 1.84 bits per heavy atom. The predicted molar refractivity (Wildman–Crippen MR) is 183 cm³/mol. The van der Waals surface area contributed by atoms with Gasteiger partial charge in [0.25, 0.3) is 0 Å². The van der Waals surface area contributed by atoms with E-state index in [-0.39, 0.29) is 23.0 Å². The van der Waals surface area contributed by atoms with E-state index in [0.29, 0.717) is 6.42 Å². The number of carbonyl (C=O) groups is 1. The molecule has 3 aromatic carbocycles. The summed E-state index contributed by atoms with van der Waals surface area (Å²) in [6.45, 7) is 11.3. The van der Waals surface area contributed by atoms with E-state index in [9.17, 15) is 4.79 Å². The Bertz CT molecular complexity index is 1320. The van der Waals surface area contributed by atoms with Crippen molar-refractivity contribution in [2.45, 2.75) is 90.3 Å². The van der Waals surface area contributed by atoms with Gasteiger partial charge in [-0.05, 0) is 116 Å². The molecule has 0 radical (unpaired) electrons. The molecule has 1 saturated heterocycles. The second-order valence-electron chi connectivity index (χ2n) is 13.4. The fourth-order valence-corrected chi connectivity index (χ4v) is 11.5. The number of carbonyl (C=O) groups excluding carboxylic acids is 1. The molecule has 1 N–H and O–H groups in total. The lowest BCUT2D eigenvalue weighted by Gasteiger charge is -2.53. The zero-order valence-electron chi connectivity index (χ0n) is 27.6. The lowest BCUT2D eigenvalue weighted by molar-refractivity contribution is -0.123. The molecular formula is C37H52N2O3P+. The molecule has 0 spiro atoms. The second kappa shape index (κ2) is 13.8. The van der Waals surface area contributed by atoms with E-state index in [4.69, 9.17) is 9.47 Å². The van der Waals surface area contributed by atoms with E-state index in [1.165, 1.54) is 21.5 Å². The van der Waals surface area contributed by atoms with Crippen molar-refractivity contribution >= 4 is 29.1 Å². The van der Waals surface area contributed by atoms with Crippen LogP contribution in [0.25, 0.3) is 0 Å². The van der Waals surface area contributed by atoms with Crippen LogP contribution in [0.1, 0.15) is 71.8 Å². The number of methoxy groups -OCH3 is 2. The highest BCUT2D eigenvalue weighted by molar-refractivity contribution is 7.95. The molecule has 1 aliphatic heterocycles. The van der Waals surface area contributed by atoms with Crippen molar-refractivity contribution in [2.75, 3.05) is 27.4 Å². The third-order valence-corrected chi connectivity index (χ3v) is 14.0. The smallest absolute Gasteiger partial charge is 0.220 e. The molecule has 1 heterocycles. The third kappa shape index (κ3) is 7.62. The van der Waals surface area contributed by atoms with E-state index in [1.807, 2.05) is 12.1 Å². The fraction of sp³-hybridized carbons (Fsp3) is 0.486. The molecule has 1 amide bonds. The number of piperidine rings is 1. The summed E-state index contributed by atoms with van der Waals surface area (Å²) in [4.78, 5) is 15.5. The van der Waals surface area contributed by atoms with Crippen LogP contribution in [0.15, 0.2) is 72.8 Å². The molecule has 1 aliphatic rings. The number of nitrogens with zero attached hydrogens (tertiary/aromatic N) is 1. The van der Waals surface area contributed by atoms with Crippen LogP contribution in [0.3, 0.4) is 0 Å². The predicted octanol–water partition coefficient (Wildman–Crippen LogP) is 6.63. The SMILES string of the molecule is COc1cccc([P+](CCCCCC(=O)NC2CC(C)(C)N(C)C(C)(C)C2)(c2cccc(C)c2)c2cccc(OC)c2)c1. The lowest BCUT2D eigenvalue weighted by Crippen LogP contribution is -2.62. The Morgan fingerprint density at radius 1 is 0.814 bits per heavy atom. The van der Waals surface area contributed by atoms with Gasteiger partial charge in [-0.25, -0.2) is 0 Å². The van der Waals surface area contributed by atoms with Gasteiger partial charge in [-0.2, -0.15) is 0 Å². The van der Waals surface area contributed by atoms with Crippen LogP contribution in [0.5, 0.6) is 11.5 Å². The standard InChI is InChI=1S/C37H51N2O3P/c1-28-15-12-18-32(23-28)43(33-19-13-16-30(24-33)41-7,34-20-14-17-31(25-34)42-8)22-11-9-10-21-35(40)38-29-26-36(2,3)39(6)37(4,5)27-29/h12-20,23-25,29H,9-11,21-22,26-27H2,1-8H3/p+1. The quantitative estimate of drug-likeness (QED) is 0.186. The van der Waals surface area contributed by atoms with Crippen LogP contribution in [-0.2, 0) is 4.79 Å². The van der Waals surface area contributed by atoms with Crippen molar-refractivity contribution in [3.8, 4) is 11.5 Å². The molecule has 0 bridgehead atoms. The molecule has 1 fully saturated rings. The monoisotopic (exact) mass is 603 g/mol. The molecule has 232 valence electrons. The Kier molecular flexibility index (Phi) is 10.6. The van der Waals surface area contributed by atoms with Crippen LogP contribution >= 0.6 is 7.26 Å². The van der Waals surface area contributed by atoms with Crippen LogP contribution in [0, 0.1) is 6.92 Å². The third-order valence-electron chi connectivity index (χ3n) is 9.50. The molecule has 0 aliphatic carbocycles. The highest BCUT2D eigenvalue weighted by Gasteiger charge is 2.46. The van der Waals surface area contributed by atoms with Crippen LogP contribution in [0.4, 0.5) is 0 Å². The molecule has 0 atom stereocenters. The molecule has 43 heavy (non-hydrogen) atoms. The number of hydrogen-bond acceptors (Lipinski definition) is 4. The number of hydrogen-bond donors (Lipinski definition) is 1. The van der Waals surface area contributed by atoms with Crippen molar-refractivity contribution in [2.24, 2.45) is 0 Å². The number of rotatable bonds is 12. The van der Waals surface area contributed by atoms with E-state index in [2.05, 4.69) is 113 Å². The van der Waals surface area contributed by atoms with E-state index < -0.39 is 7.26 Å². The number of amides is 1. The summed E-state index contributed by atoms with van der Waals surface area (Å²) < 4.78 is 11.4. The zero-order valence-corrected chi connectivity index (χ0v) is 28.5. The largest absolute Gasteiger partial charge is 0.497 e. The number of unbranched alkanes of at least 4 members (excludes halogenated alkanes) is 2. The van der Waals surface area contributed by atoms with Crippen molar-refractivity contribution in [3.63, 3.8) is 0 Å². The van der Waals surface area contributed by atoms with Gasteiger partial charge in [0.15, 0.2) is 0 Å². The molecule has 0 aromatic heterocycles. The fourth-order valence-electron chi connectivity index (χ4n) is 6.98. The summed E-state index contributed by atoms with van der Waals surface area (Å²) in [7, 11) is 3.61. The Labute approximate surface area is 260 Å². The summed E-state index contributed by atoms with van der Waals surface area (Å²) >= 11 is 0. The Hall–Kier alpha value is -2.88. The van der Waals surface area contributed by atoms with Gasteiger partial charge < -0.3 is 14.8 Å². The van der Waals surface area contributed by atoms with Crippen molar-refractivity contribution in [1.29, 1.82) is 0 Å². The van der Waals surface area contributed by atoms with Crippen LogP contribution < -0.4 is 30.7 Å². The molecule has 0 unspecified atom stereocenters. The average Bonchev–Trinajstić information content (AvgIpc) is 2.97. The minimum absolute atomic E-state index is 0.0583. The second-order valence-corrected chi connectivity index (χ2v) is 17.1. The van der Waals surface area contributed by atoms with Gasteiger partial charge >= 0.3 is 0 Å². The molecule has 5 nitrogen and oxygen atoms in total. The summed E-state index contributed by atoms with van der Waals surface area (Å²) in [6, 6.07) is 26.4. The highest BCUT2D eigenvalue weighted by Crippen LogP contribution is 2.57. The number of ether oxygens (including phenoxy) is 2. The van der Waals surface area contributed by atoms with Crippen LogP contribution in [0.2, 0.25) is 0 Å². The van der Waals surface area contributed by atoms with E-state index in [1.54, 1.807) is 14.2 Å². The zero-order chi connectivity index (χ0) is 31.3. The molecular weight excluding hydrogens is 551 g/mol. The maximum Gasteiger partial charge on any atom is 0.220 e. The summed E-state index contributed by atoms with van der Waals surface area (Å²) in [5.74, 6) is 1.92. The van der Waals surface area contributed by atoms with Gasteiger partial charge in [-0.15, -0.1) is 0 Å². The van der Waals surface area contributed by atoms with Gasteiger partial charge in [-0.3, -0.25) is 9.69 Å². The van der Waals surface area contributed by atoms with Gasteiger partial charge in [0, 0.05) is 35.7 Å². The molecule has 4 rings (SSSR count). The van der Waals surface area contributed by atoms with Gasteiger partial charge in [0.1, 0.15) is 34.7 Å². The number of benzene rings is 3. The first kappa shape index (κ1) is 33.0. The first-order valence-electron chi connectivity index (χ1n) is 15.7. The van der Waals surface area contributed by atoms with Crippen molar-refractivity contribution in [3.05, 3.63) is 78.4 Å². The highest BCUT2D eigenvalue weighted by atomic mass is 31.2. The average molecular weight is 604 g/mol.